The second kappa shape index (κ2) is 6.00. The summed E-state index contributed by atoms with van der Waals surface area (Å²) in [7, 11) is 0. The molecule has 1 aliphatic heterocycles. The summed E-state index contributed by atoms with van der Waals surface area (Å²) in [5.41, 5.74) is 0. The molecule has 1 fully saturated rings. The Hall–Kier alpha value is -1.36. The van der Waals surface area contributed by atoms with E-state index in [1.165, 1.54) is 0 Å². The van der Waals surface area contributed by atoms with Gasteiger partial charge in [-0.05, 0) is 25.7 Å². The fourth-order valence-electron chi connectivity index (χ4n) is 2.21. The second-order valence-electron chi connectivity index (χ2n) is 4.76. The van der Waals surface area contributed by atoms with Gasteiger partial charge in [-0.1, -0.05) is 12.2 Å². The summed E-state index contributed by atoms with van der Waals surface area (Å²) in [4.78, 5) is 23.2. The minimum Gasteiger partial charge on any atom is -0.481 e. The van der Waals surface area contributed by atoms with Crippen LogP contribution in [-0.4, -0.2) is 36.4 Å². The Morgan fingerprint density at radius 1 is 1.22 bits per heavy atom. The Balaban J connectivity index is 1.96. The van der Waals surface area contributed by atoms with Gasteiger partial charge in [0.2, 0.25) is 0 Å². The average molecular weight is 254 g/mol. The molecule has 0 aromatic heterocycles. The maximum absolute atomic E-state index is 11.9. The number of hydrogen-bond donors (Lipinski definition) is 1. The molecule has 100 valence electrons. The standard InChI is InChI=1S/C13H18O5/c14-12(15)10-5-3-1-2-4-6-11(10)13(16)18-8-9-7-17-9/h1-2,9-11H,3-8H2,(H,14,15)/b2-1-. The largest absolute Gasteiger partial charge is 0.481 e. The van der Waals surface area contributed by atoms with Gasteiger partial charge in [0, 0.05) is 0 Å². The molecule has 1 aliphatic carbocycles. The highest BCUT2D eigenvalue weighted by Crippen LogP contribution is 2.27. The van der Waals surface area contributed by atoms with Crippen molar-refractivity contribution < 1.29 is 24.2 Å². The number of carboxylic acids is 1. The molecule has 3 atom stereocenters. The van der Waals surface area contributed by atoms with Crippen LogP contribution in [0.3, 0.4) is 0 Å². The van der Waals surface area contributed by atoms with Crippen LogP contribution in [0.5, 0.6) is 0 Å². The highest BCUT2D eigenvalue weighted by molar-refractivity contribution is 5.81. The van der Waals surface area contributed by atoms with Gasteiger partial charge in [-0.25, -0.2) is 0 Å². The van der Waals surface area contributed by atoms with Gasteiger partial charge >= 0.3 is 11.9 Å². The van der Waals surface area contributed by atoms with Crippen molar-refractivity contribution in [2.75, 3.05) is 13.2 Å². The van der Waals surface area contributed by atoms with Crippen molar-refractivity contribution in [3.05, 3.63) is 12.2 Å². The van der Waals surface area contributed by atoms with Gasteiger partial charge in [0.25, 0.3) is 0 Å². The Bertz CT molecular complexity index is 345. The van der Waals surface area contributed by atoms with E-state index in [4.69, 9.17) is 9.47 Å². The highest BCUT2D eigenvalue weighted by atomic mass is 16.6. The first-order valence-corrected chi connectivity index (χ1v) is 6.34. The van der Waals surface area contributed by atoms with Gasteiger partial charge < -0.3 is 14.6 Å². The zero-order valence-corrected chi connectivity index (χ0v) is 10.2. The molecule has 18 heavy (non-hydrogen) atoms. The average Bonchev–Trinajstić information content (AvgIpc) is 3.08. The Kier molecular flexibility index (Phi) is 4.36. The van der Waals surface area contributed by atoms with Gasteiger partial charge in [0.1, 0.15) is 12.7 Å². The number of carbonyl (C=O) groups excluding carboxylic acids is 1. The van der Waals surface area contributed by atoms with Crippen molar-refractivity contribution in [3.63, 3.8) is 0 Å². The van der Waals surface area contributed by atoms with Crippen LogP contribution in [0.25, 0.3) is 0 Å². The highest BCUT2D eigenvalue weighted by Gasteiger charge is 2.35. The zero-order valence-electron chi connectivity index (χ0n) is 10.2. The smallest absolute Gasteiger partial charge is 0.309 e. The molecule has 0 spiro atoms. The number of aliphatic carboxylic acids is 1. The lowest BCUT2D eigenvalue weighted by molar-refractivity contribution is -0.158. The molecule has 0 bridgehead atoms. The van der Waals surface area contributed by atoms with Crippen molar-refractivity contribution in [1.82, 2.24) is 0 Å². The molecule has 0 aromatic carbocycles. The van der Waals surface area contributed by atoms with Crippen molar-refractivity contribution in [1.29, 1.82) is 0 Å². The number of allylic oxidation sites excluding steroid dienone is 2. The molecule has 0 radical (unpaired) electrons. The number of hydrogen-bond acceptors (Lipinski definition) is 4. The molecule has 0 aromatic rings. The van der Waals surface area contributed by atoms with Crippen molar-refractivity contribution in [2.45, 2.75) is 31.8 Å². The molecule has 2 rings (SSSR count). The summed E-state index contributed by atoms with van der Waals surface area (Å²) in [5.74, 6) is -2.48. The molecular weight excluding hydrogens is 236 g/mol. The van der Waals surface area contributed by atoms with Crippen LogP contribution in [0.2, 0.25) is 0 Å². The van der Waals surface area contributed by atoms with Crippen LogP contribution in [0, 0.1) is 11.8 Å². The SMILES string of the molecule is O=C(O)C1CC/C=C\CCC1C(=O)OCC1CO1. The van der Waals surface area contributed by atoms with Crippen LogP contribution in [0.15, 0.2) is 12.2 Å². The fraction of sp³-hybridized carbons (Fsp3) is 0.692. The Morgan fingerprint density at radius 2 is 1.83 bits per heavy atom. The first-order chi connectivity index (χ1) is 8.68. The topological polar surface area (TPSA) is 76.1 Å². The van der Waals surface area contributed by atoms with E-state index in [1.807, 2.05) is 12.2 Å². The molecule has 3 unspecified atom stereocenters. The molecule has 1 N–H and O–H groups in total. The first kappa shape index (κ1) is 13.1. The summed E-state index contributed by atoms with van der Waals surface area (Å²) in [6.45, 7) is 0.876. The van der Waals surface area contributed by atoms with E-state index in [0.717, 1.165) is 6.42 Å². The summed E-state index contributed by atoms with van der Waals surface area (Å²) in [6, 6.07) is 0. The predicted molar refractivity (Wildman–Crippen MR) is 62.9 cm³/mol. The van der Waals surface area contributed by atoms with Crippen LogP contribution < -0.4 is 0 Å². The lowest BCUT2D eigenvalue weighted by atomic mass is 9.83. The predicted octanol–water partition coefficient (Wildman–Crippen LogP) is 1.38. The van der Waals surface area contributed by atoms with E-state index in [0.29, 0.717) is 25.9 Å². The third-order valence-electron chi connectivity index (χ3n) is 3.37. The Morgan fingerprint density at radius 3 is 2.39 bits per heavy atom. The van der Waals surface area contributed by atoms with Crippen LogP contribution in [0.1, 0.15) is 25.7 Å². The van der Waals surface area contributed by atoms with Crippen LogP contribution in [-0.2, 0) is 19.1 Å². The number of carbonyl (C=O) groups is 2. The molecule has 2 aliphatic rings. The van der Waals surface area contributed by atoms with Crippen LogP contribution in [0.4, 0.5) is 0 Å². The number of rotatable bonds is 4. The van der Waals surface area contributed by atoms with E-state index >= 15 is 0 Å². The lowest BCUT2D eigenvalue weighted by Gasteiger charge is -2.23. The van der Waals surface area contributed by atoms with Crippen molar-refractivity contribution >= 4 is 11.9 Å². The molecule has 1 saturated heterocycles. The second-order valence-corrected chi connectivity index (χ2v) is 4.76. The van der Waals surface area contributed by atoms with E-state index < -0.39 is 23.8 Å². The summed E-state index contributed by atoms with van der Waals surface area (Å²) in [5, 5.41) is 9.21. The van der Waals surface area contributed by atoms with E-state index in [1.54, 1.807) is 0 Å². The molecule has 1 heterocycles. The Labute approximate surface area is 106 Å². The molecular formula is C13H18O5. The van der Waals surface area contributed by atoms with Crippen molar-refractivity contribution in [3.8, 4) is 0 Å². The zero-order chi connectivity index (χ0) is 13.0. The minimum absolute atomic E-state index is 0.0191. The maximum atomic E-state index is 11.9. The summed E-state index contributed by atoms with van der Waals surface area (Å²) >= 11 is 0. The number of carboxylic acid groups (broad SMARTS) is 1. The summed E-state index contributed by atoms with van der Waals surface area (Å²) < 4.78 is 10.1. The van der Waals surface area contributed by atoms with Gasteiger partial charge in [-0.15, -0.1) is 0 Å². The number of ether oxygens (including phenoxy) is 2. The fourth-order valence-corrected chi connectivity index (χ4v) is 2.21. The molecule has 0 amide bonds. The van der Waals surface area contributed by atoms with Gasteiger partial charge in [-0.3, -0.25) is 9.59 Å². The van der Waals surface area contributed by atoms with Crippen LogP contribution >= 0.6 is 0 Å². The normalized spacial score (nSPS) is 33.0. The third kappa shape index (κ3) is 3.57. The maximum Gasteiger partial charge on any atom is 0.309 e. The van der Waals surface area contributed by atoms with Crippen molar-refractivity contribution in [2.24, 2.45) is 11.8 Å². The first-order valence-electron chi connectivity index (χ1n) is 6.34. The summed E-state index contributed by atoms with van der Waals surface area (Å²) in [6.07, 6.45) is 6.46. The van der Waals surface area contributed by atoms with Gasteiger partial charge in [0.15, 0.2) is 0 Å². The third-order valence-corrected chi connectivity index (χ3v) is 3.37. The van der Waals surface area contributed by atoms with E-state index in [-0.39, 0.29) is 12.7 Å². The quantitative estimate of drug-likeness (QED) is 0.466. The molecule has 5 heteroatoms. The molecule has 5 nitrogen and oxygen atoms in total. The molecule has 0 saturated carbocycles. The van der Waals surface area contributed by atoms with E-state index in [9.17, 15) is 14.7 Å². The van der Waals surface area contributed by atoms with Gasteiger partial charge in [-0.2, -0.15) is 0 Å². The van der Waals surface area contributed by atoms with Gasteiger partial charge in [0.05, 0.1) is 18.4 Å². The number of esters is 1. The minimum atomic E-state index is -0.907. The monoisotopic (exact) mass is 254 g/mol. The lowest BCUT2D eigenvalue weighted by Crippen LogP contribution is -2.32. The number of epoxide rings is 1. The van der Waals surface area contributed by atoms with E-state index in [2.05, 4.69) is 0 Å².